The zero-order valence-electron chi connectivity index (χ0n) is 13.6. The molecule has 3 N–H and O–H groups in total. The van der Waals surface area contributed by atoms with Crippen LogP contribution in [0.5, 0.6) is 0 Å². The SMILES string of the molecule is CCC(=O)N1CCC(NC(=NC)NCCNS(=O)(=O)CC)C1. The predicted molar refractivity (Wildman–Crippen MR) is 87.2 cm³/mol. The molecule has 1 aliphatic heterocycles. The van der Waals surface area contributed by atoms with Crippen molar-refractivity contribution in [2.24, 2.45) is 4.99 Å². The van der Waals surface area contributed by atoms with Gasteiger partial charge in [0, 0.05) is 45.7 Å². The molecule has 1 unspecified atom stereocenters. The van der Waals surface area contributed by atoms with Gasteiger partial charge in [0.15, 0.2) is 5.96 Å². The molecule has 0 bridgehead atoms. The number of amides is 1. The smallest absolute Gasteiger partial charge is 0.222 e. The largest absolute Gasteiger partial charge is 0.355 e. The third-order valence-electron chi connectivity index (χ3n) is 3.53. The molecule has 1 fully saturated rings. The number of nitrogens with zero attached hydrogens (tertiary/aromatic N) is 2. The molecule has 1 heterocycles. The van der Waals surface area contributed by atoms with Crippen LogP contribution in [0.25, 0.3) is 0 Å². The van der Waals surface area contributed by atoms with Gasteiger partial charge in [0.1, 0.15) is 0 Å². The minimum absolute atomic E-state index is 0.0728. The van der Waals surface area contributed by atoms with Crippen LogP contribution in [0.4, 0.5) is 0 Å². The summed E-state index contributed by atoms with van der Waals surface area (Å²) in [6, 6.07) is 0.175. The summed E-state index contributed by atoms with van der Waals surface area (Å²) in [6.45, 7) is 5.65. The van der Waals surface area contributed by atoms with Crippen molar-refractivity contribution in [3.63, 3.8) is 0 Å². The predicted octanol–water partition coefficient (Wildman–Crippen LogP) is -0.898. The maximum absolute atomic E-state index is 11.6. The minimum atomic E-state index is -3.16. The maximum atomic E-state index is 11.6. The van der Waals surface area contributed by atoms with Crippen molar-refractivity contribution in [1.82, 2.24) is 20.3 Å². The van der Waals surface area contributed by atoms with E-state index < -0.39 is 10.0 Å². The molecule has 128 valence electrons. The third kappa shape index (κ3) is 6.18. The number of carbonyl (C=O) groups excluding carboxylic acids is 1. The molecule has 9 heteroatoms. The first-order valence-electron chi connectivity index (χ1n) is 7.64. The van der Waals surface area contributed by atoms with Crippen LogP contribution in [0.2, 0.25) is 0 Å². The highest BCUT2D eigenvalue weighted by Gasteiger charge is 2.25. The summed E-state index contributed by atoms with van der Waals surface area (Å²) < 4.78 is 25.1. The van der Waals surface area contributed by atoms with Crippen LogP contribution >= 0.6 is 0 Å². The van der Waals surface area contributed by atoms with Gasteiger partial charge < -0.3 is 15.5 Å². The summed E-state index contributed by atoms with van der Waals surface area (Å²) in [5, 5.41) is 6.31. The Labute approximate surface area is 132 Å². The second-order valence-corrected chi connectivity index (χ2v) is 7.22. The van der Waals surface area contributed by atoms with Gasteiger partial charge in [0.25, 0.3) is 0 Å². The molecule has 0 aliphatic carbocycles. The van der Waals surface area contributed by atoms with Gasteiger partial charge in [-0.1, -0.05) is 6.92 Å². The number of sulfonamides is 1. The van der Waals surface area contributed by atoms with Crippen molar-refractivity contribution in [2.75, 3.05) is 39.0 Å². The second-order valence-electron chi connectivity index (χ2n) is 5.12. The Hall–Kier alpha value is -1.35. The van der Waals surface area contributed by atoms with E-state index >= 15 is 0 Å². The van der Waals surface area contributed by atoms with E-state index in [0.717, 1.165) is 13.0 Å². The number of aliphatic imine (C=N–C) groups is 1. The van der Waals surface area contributed by atoms with Crippen LogP contribution in [0.15, 0.2) is 4.99 Å². The van der Waals surface area contributed by atoms with Crippen LogP contribution in [0.3, 0.4) is 0 Å². The summed E-state index contributed by atoms with van der Waals surface area (Å²) >= 11 is 0. The zero-order chi connectivity index (χ0) is 16.6. The van der Waals surface area contributed by atoms with E-state index in [2.05, 4.69) is 20.3 Å². The monoisotopic (exact) mass is 333 g/mol. The van der Waals surface area contributed by atoms with Crippen molar-refractivity contribution in [3.8, 4) is 0 Å². The topological polar surface area (TPSA) is 103 Å². The number of guanidine groups is 1. The van der Waals surface area contributed by atoms with E-state index in [1.54, 1.807) is 14.0 Å². The Morgan fingerprint density at radius 1 is 1.32 bits per heavy atom. The molecule has 1 aliphatic rings. The first-order valence-corrected chi connectivity index (χ1v) is 9.29. The lowest BCUT2D eigenvalue weighted by atomic mass is 10.3. The molecule has 1 saturated heterocycles. The number of carbonyl (C=O) groups is 1. The Bertz CT molecular complexity index is 492. The Kier molecular flexibility index (Phi) is 7.60. The van der Waals surface area contributed by atoms with Crippen molar-refractivity contribution in [1.29, 1.82) is 0 Å². The quantitative estimate of drug-likeness (QED) is 0.318. The highest BCUT2D eigenvalue weighted by Crippen LogP contribution is 2.10. The molecule has 1 rings (SSSR count). The van der Waals surface area contributed by atoms with E-state index in [4.69, 9.17) is 0 Å². The molecule has 0 aromatic heterocycles. The van der Waals surface area contributed by atoms with Gasteiger partial charge in [0.05, 0.1) is 5.75 Å². The van der Waals surface area contributed by atoms with Gasteiger partial charge in [-0.15, -0.1) is 0 Å². The Morgan fingerprint density at radius 2 is 2.05 bits per heavy atom. The summed E-state index contributed by atoms with van der Waals surface area (Å²) in [5.74, 6) is 0.858. The Morgan fingerprint density at radius 3 is 2.64 bits per heavy atom. The van der Waals surface area contributed by atoms with Crippen LogP contribution in [0.1, 0.15) is 26.7 Å². The molecule has 0 spiro atoms. The lowest BCUT2D eigenvalue weighted by Crippen LogP contribution is -2.46. The summed E-state index contributed by atoms with van der Waals surface area (Å²) in [6.07, 6.45) is 1.41. The van der Waals surface area contributed by atoms with Gasteiger partial charge in [0.2, 0.25) is 15.9 Å². The lowest BCUT2D eigenvalue weighted by Gasteiger charge is -2.18. The molecular formula is C13H27N5O3S. The maximum Gasteiger partial charge on any atom is 0.222 e. The normalized spacial score (nSPS) is 19.3. The van der Waals surface area contributed by atoms with E-state index in [1.807, 2.05) is 11.8 Å². The fraction of sp³-hybridized carbons (Fsp3) is 0.846. The molecule has 0 saturated carbocycles. The van der Waals surface area contributed by atoms with Crippen LogP contribution in [-0.2, 0) is 14.8 Å². The number of likely N-dealkylation sites (tertiary alicyclic amines) is 1. The van der Waals surface area contributed by atoms with E-state index in [1.165, 1.54) is 0 Å². The lowest BCUT2D eigenvalue weighted by molar-refractivity contribution is -0.129. The fourth-order valence-electron chi connectivity index (χ4n) is 2.21. The van der Waals surface area contributed by atoms with Gasteiger partial charge in [-0.2, -0.15) is 0 Å². The fourth-order valence-corrected chi connectivity index (χ4v) is 2.82. The van der Waals surface area contributed by atoms with Crippen molar-refractivity contribution >= 4 is 21.9 Å². The Balaban J connectivity index is 2.30. The van der Waals surface area contributed by atoms with Crippen LogP contribution < -0.4 is 15.4 Å². The first kappa shape index (κ1) is 18.7. The van der Waals surface area contributed by atoms with Crippen LogP contribution in [0, 0.1) is 0 Å². The summed E-state index contributed by atoms with van der Waals surface area (Å²) in [5.41, 5.74) is 0. The highest BCUT2D eigenvalue weighted by atomic mass is 32.2. The number of nitrogens with one attached hydrogen (secondary N) is 3. The molecule has 22 heavy (non-hydrogen) atoms. The zero-order valence-corrected chi connectivity index (χ0v) is 14.4. The number of hydrogen-bond donors (Lipinski definition) is 3. The molecule has 8 nitrogen and oxygen atoms in total. The van der Waals surface area contributed by atoms with Crippen molar-refractivity contribution in [3.05, 3.63) is 0 Å². The van der Waals surface area contributed by atoms with Crippen molar-refractivity contribution in [2.45, 2.75) is 32.7 Å². The number of rotatable bonds is 7. The van der Waals surface area contributed by atoms with E-state index in [-0.39, 0.29) is 17.7 Å². The average molecular weight is 333 g/mol. The molecule has 0 radical (unpaired) electrons. The molecular weight excluding hydrogens is 306 g/mol. The van der Waals surface area contributed by atoms with E-state index in [0.29, 0.717) is 32.0 Å². The second kappa shape index (κ2) is 8.94. The highest BCUT2D eigenvalue weighted by molar-refractivity contribution is 7.89. The van der Waals surface area contributed by atoms with Crippen LogP contribution in [-0.4, -0.2) is 70.2 Å². The average Bonchev–Trinajstić information content (AvgIpc) is 2.98. The molecule has 1 atom stereocenters. The van der Waals surface area contributed by atoms with Gasteiger partial charge in [-0.3, -0.25) is 9.79 Å². The van der Waals surface area contributed by atoms with Crippen molar-refractivity contribution < 1.29 is 13.2 Å². The van der Waals surface area contributed by atoms with Gasteiger partial charge in [-0.05, 0) is 13.3 Å². The molecule has 1 amide bonds. The van der Waals surface area contributed by atoms with Gasteiger partial charge in [-0.25, -0.2) is 13.1 Å². The van der Waals surface area contributed by atoms with Gasteiger partial charge >= 0.3 is 0 Å². The first-order chi connectivity index (χ1) is 10.4. The molecule has 0 aromatic carbocycles. The molecule has 0 aromatic rings. The van der Waals surface area contributed by atoms with E-state index in [9.17, 15) is 13.2 Å². The number of hydrogen-bond acceptors (Lipinski definition) is 4. The third-order valence-corrected chi connectivity index (χ3v) is 4.93. The summed E-state index contributed by atoms with van der Waals surface area (Å²) in [4.78, 5) is 17.6. The standard InChI is InChI=1S/C13H27N5O3S/c1-4-12(19)18-9-6-11(10-18)17-13(14-3)15-7-8-16-22(20,21)5-2/h11,16H,4-10H2,1-3H3,(H2,14,15,17). The summed E-state index contributed by atoms with van der Waals surface area (Å²) in [7, 11) is -1.50. The minimum Gasteiger partial charge on any atom is -0.355 e.